The van der Waals surface area contributed by atoms with Crippen LogP contribution in [-0.4, -0.2) is 28.0 Å². The molecule has 1 amide bonds. The smallest absolute Gasteiger partial charge is 0.264 e. The normalized spacial score (nSPS) is 10.9. The summed E-state index contributed by atoms with van der Waals surface area (Å²) >= 11 is 5.93. The highest BCUT2D eigenvalue weighted by Gasteiger charge is 2.25. The highest BCUT2D eigenvalue weighted by molar-refractivity contribution is 7.92. The second kappa shape index (κ2) is 9.68. The highest BCUT2D eigenvalue weighted by atomic mass is 35.5. The first-order valence-corrected chi connectivity index (χ1v) is 11.1. The number of sulfonamides is 1. The van der Waals surface area contributed by atoms with Crippen molar-refractivity contribution in [2.45, 2.75) is 4.90 Å². The first kappa shape index (κ1) is 22.4. The van der Waals surface area contributed by atoms with Gasteiger partial charge in [-0.3, -0.25) is 9.10 Å². The fourth-order valence-electron chi connectivity index (χ4n) is 2.93. The van der Waals surface area contributed by atoms with Crippen molar-refractivity contribution in [3.8, 4) is 5.75 Å². The Morgan fingerprint density at radius 3 is 2.48 bits per heavy atom. The molecule has 0 aliphatic carbocycles. The van der Waals surface area contributed by atoms with Gasteiger partial charge >= 0.3 is 0 Å². The Bertz CT molecular complexity index is 1190. The van der Waals surface area contributed by atoms with Gasteiger partial charge in [-0.2, -0.15) is 0 Å². The van der Waals surface area contributed by atoms with Crippen LogP contribution in [0.1, 0.15) is 10.4 Å². The van der Waals surface area contributed by atoms with E-state index in [4.69, 9.17) is 16.3 Å². The van der Waals surface area contributed by atoms with Crippen LogP contribution < -0.4 is 14.4 Å². The Morgan fingerprint density at radius 2 is 1.81 bits per heavy atom. The van der Waals surface area contributed by atoms with Gasteiger partial charge in [0.15, 0.2) is 0 Å². The Balaban J connectivity index is 1.93. The van der Waals surface area contributed by atoms with Crippen molar-refractivity contribution < 1.29 is 17.9 Å². The third kappa shape index (κ3) is 5.07. The van der Waals surface area contributed by atoms with Gasteiger partial charge in [0.25, 0.3) is 15.9 Å². The summed E-state index contributed by atoms with van der Waals surface area (Å²) in [5, 5.41) is 3.24. The summed E-state index contributed by atoms with van der Waals surface area (Å²) in [5.41, 5.74) is 1.12. The van der Waals surface area contributed by atoms with E-state index in [2.05, 4.69) is 11.9 Å². The Morgan fingerprint density at radius 1 is 1.10 bits per heavy atom. The molecule has 0 unspecified atom stereocenters. The van der Waals surface area contributed by atoms with Crippen molar-refractivity contribution in [1.29, 1.82) is 0 Å². The number of amides is 1. The van der Waals surface area contributed by atoms with Crippen molar-refractivity contribution in [3.63, 3.8) is 0 Å². The second-order valence-corrected chi connectivity index (χ2v) is 8.78. The fourth-order valence-corrected chi connectivity index (χ4v) is 4.54. The van der Waals surface area contributed by atoms with E-state index in [0.717, 1.165) is 0 Å². The van der Waals surface area contributed by atoms with Crippen LogP contribution in [0.15, 0.2) is 90.3 Å². The number of carbonyl (C=O) groups is 1. The van der Waals surface area contributed by atoms with E-state index in [1.807, 2.05) is 0 Å². The molecule has 0 atom stereocenters. The molecule has 0 bridgehead atoms. The lowest BCUT2D eigenvalue weighted by molar-refractivity contribution is 0.102. The number of methoxy groups -OCH3 is 1. The average molecular weight is 457 g/mol. The number of hydrogen-bond donors (Lipinski definition) is 1. The highest BCUT2D eigenvalue weighted by Crippen LogP contribution is 2.27. The quantitative estimate of drug-likeness (QED) is 0.485. The van der Waals surface area contributed by atoms with E-state index in [-0.39, 0.29) is 17.0 Å². The van der Waals surface area contributed by atoms with Crippen LogP contribution in [0.2, 0.25) is 5.02 Å². The molecule has 0 aliphatic heterocycles. The van der Waals surface area contributed by atoms with Crippen LogP contribution in [0.3, 0.4) is 0 Å². The van der Waals surface area contributed by atoms with Crippen LogP contribution in [0.4, 0.5) is 11.4 Å². The number of ether oxygens (including phenoxy) is 1. The zero-order valence-corrected chi connectivity index (χ0v) is 18.4. The van der Waals surface area contributed by atoms with Gasteiger partial charge < -0.3 is 10.1 Å². The van der Waals surface area contributed by atoms with Gasteiger partial charge in [-0.05, 0) is 54.6 Å². The summed E-state index contributed by atoms with van der Waals surface area (Å²) in [7, 11) is -2.45. The van der Waals surface area contributed by atoms with E-state index >= 15 is 0 Å². The first-order chi connectivity index (χ1) is 14.9. The number of benzene rings is 3. The van der Waals surface area contributed by atoms with E-state index in [0.29, 0.717) is 22.1 Å². The van der Waals surface area contributed by atoms with Crippen LogP contribution in [0, 0.1) is 0 Å². The maximum absolute atomic E-state index is 13.3. The predicted octanol–water partition coefficient (Wildman–Crippen LogP) is 4.98. The lowest BCUT2D eigenvalue weighted by Crippen LogP contribution is -2.31. The standard InChI is InChI=1S/C23H21ClN2O4S/c1-3-15-26(19-13-11-18(24)12-14-19)31(28,29)20-8-6-7-17(16-20)23(27)25-21-9-4-5-10-22(21)30-2/h3-14,16H,1,15H2,2H3,(H,25,27). The molecule has 1 N–H and O–H groups in total. The van der Waals surface area contributed by atoms with Gasteiger partial charge in [0.05, 0.1) is 29.9 Å². The fraction of sp³-hybridized carbons (Fsp3) is 0.0870. The third-order valence-electron chi connectivity index (χ3n) is 4.45. The van der Waals surface area contributed by atoms with Gasteiger partial charge in [0.1, 0.15) is 5.75 Å². The summed E-state index contributed by atoms with van der Waals surface area (Å²) in [4.78, 5) is 12.7. The van der Waals surface area contributed by atoms with E-state index in [1.165, 1.54) is 35.7 Å². The zero-order chi connectivity index (χ0) is 22.4. The molecule has 8 heteroatoms. The largest absolute Gasteiger partial charge is 0.495 e. The molecule has 31 heavy (non-hydrogen) atoms. The maximum Gasteiger partial charge on any atom is 0.264 e. The molecule has 0 aliphatic rings. The van der Waals surface area contributed by atoms with Crippen molar-refractivity contribution in [3.05, 3.63) is 96.0 Å². The number of halogens is 1. The zero-order valence-electron chi connectivity index (χ0n) is 16.8. The molecule has 0 heterocycles. The van der Waals surface area contributed by atoms with Crippen molar-refractivity contribution in [2.75, 3.05) is 23.3 Å². The van der Waals surface area contributed by atoms with Crippen LogP contribution in [-0.2, 0) is 10.0 Å². The molecule has 0 radical (unpaired) electrons. The van der Waals surface area contributed by atoms with Gasteiger partial charge in [-0.15, -0.1) is 6.58 Å². The summed E-state index contributed by atoms with van der Waals surface area (Å²) in [6.45, 7) is 3.71. The van der Waals surface area contributed by atoms with Gasteiger partial charge in [0, 0.05) is 10.6 Å². The van der Waals surface area contributed by atoms with Crippen molar-refractivity contribution in [2.24, 2.45) is 0 Å². The van der Waals surface area contributed by atoms with Crippen LogP contribution in [0.25, 0.3) is 0 Å². The molecule has 0 spiro atoms. The molecule has 3 aromatic carbocycles. The molecule has 160 valence electrons. The number of nitrogens with zero attached hydrogens (tertiary/aromatic N) is 1. The molecule has 0 saturated carbocycles. The van der Waals surface area contributed by atoms with E-state index in [9.17, 15) is 13.2 Å². The molecule has 6 nitrogen and oxygen atoms in total. The number of anilines is 2. The van der Waals surface area contributed by atoms with Crippen LogP contribution in [0.5, 0.6) is 5.75 Å². The van der Waals surface area contributed by atoms with Gasteiger partial charge in [-0.25, -0.2) is 8.42 Å². The Labute approximate surface area is 186 Å². The minimum atomic E-state index is -3.96. The SMILES string of the molecule is C=CCN(c1ccc(Cl)cc1)S(=O)(=O)c1cccc(C(=O)Nc2ccccc2OC)c1. The minimum absolute atomic E-state index is 0.0167. The molecule has 3 aromatic rings. The van der Waals surface area contributed by atoms with Crippen LogP contribution >= 0.6 is 11.6 Å². The molecular weight excluding hydrogens is 436 g/mol. The third-order valence-corrected chi connectivity index (χ3v) is 6.49. The number of carbonyl (C=O) groups excluding carboxylic acids is 1. The summed E-state index contributed by atoms with van der Waals surface area (Å²) in [6.07, 6.45) is 1.49. The Hall–Kier alpha value is -3.29. The predicted molar refractivity (Wildman–Crippen MR) is 124 cm³/mol. The molecular formula is C23H21ClN2O4S. The molecule has 0 aromatic heterocycles. The summed E-state index contributed by atoms with van der Waals surface area (Å²) in [5.74, 6) is 0.0443. The van der Waals surface area contributed by atoms with Gasteiger partial charge in [-0.1, -0.05) is 35.9 Å². The minimum Gasteiger partial charge on any atom is -0.495 e. The molecule has 3 rings (SSSR count). The number of nitrogens with one attached hydrogen (secondary N) is 1. The van der Waals surface area contributed by atoms with Crippen molar-refractivity contribution in [1.82, 2.24) is 0 Å². The first-order valence-electron chi connectivity index (χ1n) is 9.30. The Kier molecular flexibility index (Phi) is 6.99. The average Bonchev–Trinajstić information content (AvgIpc) is 2.78. The monoisotopic (exact) mass is 456 g/mol. The topological polar surface area (TPSA) is 75.7 Å². The lowest BCUT2D eigenvalue weighted by atomic mass is 10.2. The van der Waals surface area contributed by atoms with E-state index in [1.54, 1.807) is 54.6 Å². The number of para-hydroxylation sites is 2. The summed E-state index contributed by atoms with van der Waals surface area (Å²) in [6, 6.07) is 19.3. The van der Waals surface area contributed by atoms with E-state index < -0.39 is 15.9 Å². The molecule has 0 saturated heterocycles. The second-order valence-electron chi connectivity index (χ2n) is 6.48. The maximum atomic E-state index is 13.3. The lowest BCUT2D eigenvalue weighted by Gasteiger charge is -2.23. The van der Waals surface area contributed by atoms with Gasteiger partial charge in [0.2, 0.25) is 0 Å². The summed E-state index contributed by atoms with van der Waals surface area (Å²) < 4.78 is 33.1. The molecule has 0 fully saturated rings. The number of hydrogen-bond acceptors (Lipinski definition) is 4. The van der Waals surface area contributed by atoms with Crippen molar-refractivity contribution >= 4 is 38.9 Å². The number of rotatable bonds is 8.